The number of hydrogen-bond acceptors (Lipinski definition) is 2. The molecular formula is C12H14FNO2. The third-order valence-corrected chi connectivity index (χ3v) is 2.93. The van der Waals surface area contributed by atoms with Gasteiger partial charge in [-0.15, -0.1) is 0 Å². The molecule has 1 heterocycles. The van der Waals surface area contributed by atoms with Crippen molar-refractivity contribution in [1.82, 2.24) is 5.32 Å². The summed E-state index contributed by atoms with van der Waals surface area (Å²) >= 11 is 0. The second-order valence-electron chi connectivity index (χ2n) is 4.23. The topological polar surface area (TPSA) is 49.3 Å². The first-order valence-corrected chi connectivity index (χ1v) is 5.36. The van der Waals surface area contributed by atoms with Crippen LogP contribution in [0, 0.1) is 11.7 Å². The van der Waals surface area contributed by atoms with E-state index in [4.69, 9.17) is 5.11 Å². The molecule has 0 spiro atoms. The van der Waals surface area contributed by atoms with E-state index in [2.05, 4.69) is 5.32 Å². The normalized spacial score (nSPS) is 24.6. The van der Waals surface area contributed by atoms with Gasteiger partial charge in [0.2, 0.25) is 0 Å². The number of rotatable bonds is 3. The fourth-order valence-corrected chi connectivity index (χ4v) is 2.15. The summed E-state index contributed by atoms with van der Waals surface area (Å²) in [6, 6.07) is 6.03. The third kappa shape index (κ3) is 2.58. The first-order valence-electron chi connectivity index (χ1n) is 5.36. The number of carboxylic acid groups (broad SMARTS) is 1. The van der Waals surface area contributed by atoms with Crippen LogP contribution in [-0.4, -0.2) is 23.7 Å². The van der Waals surface area contributed by atoms with Crippen molar-refractivity contribution in [2.75, 3.05) is 6.54 Å². The zero-order valence-corrected chi connectivity index (χ0v) is 8.82. The van der Waals surface area contributed by atoms with E-state index < -0.39 is 12.0 Å². The van der Waals surface area contributed by atoms with Gasteiger partial charge in [0.15, 0.2) is 0 Å². The molecule has 1 fully saturated rings. The fourth-order valence-electron chi connectivity index (χ4n) is 2.15. The Hall–Kier alpha value is -1.42. The van der Waals surface area contributed by atoms with Gasteiger partial charge in [0.1, 0.15) is 11.9 Å². The fraction of sp³-hybridized carbons (Fsp3) is 0.417. The first kappa shape index (κ1) is 11.1. The number of aliphatic carboxylic acids is 1. The van der Waals surface area contributed by atoms with E-state index in [0.717, 1.165) is 12.0 Å². The van der Waals surface area contributed by atoms with Crippen molar-refractivity contribution in [2.24, 2.45) is 5.92 Å². The molecule has 1 unspecified atom stereocenters. The van der Waals surface area contributed by atoms with Gasteiger partial charge in [0.05, 0.1) is 0 Å². The molecule has 2 N–H and O–H groups in total. The molecule has 16 heavy (non-hydrogen) atoms. The molecule has 0 bridgehead atoms. The number of carboxylic acids is 1. The van der Waals surface area contributed by atoms with Gasteiger partial charge < -0.3 is 10.4 Å². The van der Waals surface area contributed by atoms with Crippen LogP contribution in [0.2, 0.25) is 0 Å². The highest BCUT2D eigenvalue weighted by atomic mass is 19.1. The summed E-state index contributed by atoms with van der Waals surface area (Å²) in [5.74, 6) is -0.761. The zero-order valence-electron chi connectivity index (χ0n) is 8.82. The number of hydrogen-bond donors (Lipinski definition) is 2. The Balaban J connectivity index is 1.94. The average Bonchev–Trinajstić information content (AvgIpc) is 2.66. The van der Waals surface area contributed by atoms with Gasteiger partial charge >= 0.3 is 5.97 Å². The van der Waals surface area contributed by atoms with Crippen LogP contribution in [0.3, 0.4) is 0 Å². The van der Waals surface area contributed by atoms with Crippen molar-refractivity contribution in [3.8, 4) is 0 Å². The van der Waals surface area contributed by atoms with Gasteiger partial charge in [0, 0.05) is 0 Å². The Morgan fingerprint density at radius 3 is 3.00 bits per heavy atom. The Morgan fingerprint density at radius 2 is 2.38 bits per heavy atom. The first-order chi connectivity index (χ1) is 7.65. The molecule has 1 saturated heterocycles. The average molecular weight is 223 g/mol. The van der Waals surface area contributed by atoms with E-state index in [1.807, 2.05) is 6.07 Å². The molecule has 0 aliphatic carbocycles. The lowest BCUT2D eigenvalue weighted by Crippen LogP contribution is -2.29. The van der Waals surface area contributed by atoms with Crippen LogP contribution in [0.15, 0.2) is 24.3 Å². The standard InChI is InChI=1S/C12H14FNO2/c13-10-3-1-2-8(5-10)4-9-6-11(12(15)16)14-7-9/h1-3,5,9,11,14H,4,6-7H2,(H,15,16)/t9?,11-/m0/s1. The minimum Gasteiger partial charge on any atom is -0.480 e. The summed E-state index contributed by atoms with van der Waals surface area (Å²) in [6.45, 7) is 0.688. The van der Waals surface area contributed by atoms with E-state index in [0.29, 0.717) is 13.0 Å². The number of halogens is 1. The molecule has 1 aliphatic rings. The van der Waals surface area contributed by atoms with Crippen molar-refractivity contribution in [3.05, 3.63) is 35.6 Å². The van der Waals surface area contributed by atoms with Gasteiger partial charge in [-0.3, -0.25) is 4.79 Å². The molecule has 2 rings (SSSR count). The van der Waals surface area contributed by atoms with Crippen molar-refractivity contribution in [2.45, 2.75) is 18.9 Å². The molecule has 1 aromatic rings. The lowest BCUT2D eigenvalue weighted by Gasteiger charge is -2.08. The predicted molar refractivity (Wildman–Crippen MR) is 57.6 cm³/mol. The van der Waals surface area contributed by atoms with E-state index >= 15 is 0 Å². The molecule has 1 aliphatic heterocycles. The van der Waals surface area contributed by atoms with Crippen molar-refractivity contribution < 1.29 is 14.3 Å². The molecule has 86 valence electrons. The summed E-state index contributed by atoms with van der Waals surface area (Å²) in [6.07, 6.45) is 1.35. The Morgan fingerprint density at radius 1 is 1.56 bits per heavy atom. The molecule has 4 heteroatoms. The molecule has 0 aromatic heterocycles. The molecule has 1 aromatic carbocycles. The Kier molecular flexibility index (Phi) is 3.19. The minimum absolute atomic E-state index is 0.238. The highest BCUT2D eigenvalue weighted by Crippen LogP contribution is 2.19. The largest absolute Gasteiger partial charge is 0.480 e. The summed E-state index contributed by atoms with van der Waals surface area (Å²) in [4.78, 5) is 10.7. The molecular weight excluding hydrogens is 209 g/mol. The van der Waals surface area contributed by atoms with E-state index in [9.17, 15) is 9.18 Å². The van der Waals surface area contributed by atoms with Gasteiger partial charge in [-0.2, -0.15) is 0 Å². The maximum absolute atomic E-state index is 12.9. The number of carbonyl (C=O) groups is 1. The Labute approximate surface area is 93.3 Å². The summed E-state index contributed by atoms with van der Waals surface area (Å²) < 4.78 is 12.9. The number of benzene rings is 1. The second kappa shape index (κ2) is 4.61. The SMILES string of the molecule is O=C(O)[C@@H]1CC(Cc2cccc(F)c2)CN1. The van der Waals surface area contributed by atoms with Crippen LogP contribution in [-0.2, 0) is 11.2 Å². The zero-order chi connectivity index (χ0) is 11.5. The minimum atomic E-state index is -0.804. The molecule has 0 saturated carbocycles. The van der Waals surface area contributed by atoms with Crippen LogP contribution in [0.25, 0.3) is 0 Å². The summed E-state index contributed by atoms with van der Waals surface area (Å²) in [5.41, 5.74) is 0.929. The highest BCUT2D eigenvalue weighted by Gasteiger charge is 2.28. The summed E-state index contributed by atoms with van der Waals surface area (Å²) in [5, 5.41) is 11.8. The molecule has 0 amide bonds. The molecule has 2 atom stereocenters. The van der Waals surface area contributed by atoms with E-state index in [-0.39, 0.29) is 11.7 Å². The smallest absolute Gasteiger partial charge is 0.320 e. The number of nitrogens with one attached hydrogen (secondary N) is 1. The van der Waals surface area contributed by atoms with Crippen LogP contribution < -0.4 is 5.32 Å². The Bertz CT molecular complexity index is 394. The third-order valence-electron chi connectivity index (χ3n) is 2.93. The van der Waals surface area contributed by atoms with Gasteiger partial charge in [0.25, 0.3) is 0 Å². The highest BCUT2D eigenvalue weighted by molar-refractivity contribution is 5.73. The second-order valence-corrected chi connectivity index (χ2v) is 4.23. The van der Waals surface area contributed by atoms with Gasteiger partial charge in [-0.05, 0) is 43.0 Å². The monoisotopic (exact) mass is 223 g/mol. The van der Waals surface area contributed by atoms with Crippen LogP contribution in [0.1, 0.15) is 12.0 Å². The quantitative estimate of drug-likeness (QED) is 0.815. The van der Waals surface area contributed by atoms with Crippen LogP contribution in [0.5, 0.6) is 0 Å². The maximum atomic E-state index is 12.9. The molecule has 3 nitrogen and oxygen atoms in total. The van der Waals surface area contributed by atoms with Crippen molar-refractivity contribution in [1.29, 1.82) is 0 Å². The lowest BCUT2D eigenvalue weighted by molar-refractivity contribution is -0.139. The van der Waals surface area contributed by atoms with Gasteiger partial charge in [-0.25, -0.2) is 4.39 Å². The van der Waals surface area contributed by atoms with Crippen molar-refractivity contribution in [3.63, 3.8) is 0 Å². The lowest BCUT2D eigenvalue weighted by atomic mass is 9.97. The predicted octanol–water partition coefficient (Wildman–Crippen LogP) is 1.43. The van der Waals surface area contributed by atoms with E-state index in [1.165, 1.54) is 12.1 Å². The van der Waals surface area contributed by atoms with Crippen LogP contribution >= 0.6 is 0 Å². The van der Waals surface area contributed by atoms with Crippen LogP contribution in [0.4, 0.5) is 4.39 Å². The van der Waals surface area contributed by atoms with Crippen molar-refractivity contribution >= 4 is 5.97 Å². The van der Waals surface area contributed by atoms with E-state index in [1.54, 1.807) is 6.07 Å². The maximum Gasteiger partial charge on any atom is 0.320 e. The summed E-state index contributed by atoms with van der Waals surface area (Å²) in [7, 11) is 0. The van der Waals surface area contributed by atoms with Gasteiger partial charge in [-0.1, -0.05) is 12.1 Å². The molecule has 0 radical (unpaired) electrons.